The summed E-state index contributed by atoms with van der Waals surface area (Å²) in [5.41, 5.74) is 11.0. The molecule has 1 aliphatic rings. The zero-order chi connectivity index (χ0) is 35.6. The molecule has 1 saturated carbocycles. The van der Waals surface area contributed by atoms with Crippen LogP contribution in [0, 0.1) is 24.5 Å². The average molecular weight is 917 g/mol. The van der Waals surface area contributed by atoms with Crippen LogP contribution in [0.2, 0.25) is 17.3 Å². The van der Waals surface area contributed by atoms with Crippen molar-refractivity contribution in [3.63, 3.8) is 0 Å². The van der Waals surface area contributed by atoms with Crippen LogP contribution in [0.15, 0.2) is 77.5 Å². The fraction of sp³-hybridized carbons (Fsp3) is 0.400. The van der Waals surface area contributed by atoms with Gasteiger partial charge in [0.2, 0.25) is 5.71 Å². The number of nitrogens with zero attached hydrogens (tertiary/aromatic N) is 3. The van der Waals surface area contributed by atoms with Crippen LogP contribution in [0.5, 0.6) is 0 Å². The van der Waals surface area contributed by atoms with Crippen LogP contribution in [0.1, 0.15) is 101 Å². The molecular formula is C45H53GeIrN3O-2. The van der Waals surface area contributed by atoms with Gasteiger partial charge in [-0.25, -0.2) is 4.98 Å². The minimum Gasteiger partial charge on any atom is -0.486 e. The van der Waals surface area contributed by atoms with E-state index in [1.54, 1.807) is 4.40 Å². The van der Waals surface area contributed by atoms with Crippen molar-refractivity contribution in [2.24, 2.45) is 5.41 Å². The number of fused-ring (bicyclic) bond motifs is 3. The van der Waals surface area contributed by atoms with Gasteiger partial charge >= 0.3 is 169 Å². The minimum absolute atomic E-state index is 0. The molecular weight excluding hydrogens is 863 g/mol. The van der Waals surface area contributed by atoms with Crippen LogP contribution in [0.25, 0.3) is 44.6 Å². The van der Waals surface area contributed by atoms with Gasteiger partial charge in [0.1, 0.15) is 0 Å². The average Bonchev–Trinajstić information content (AvgIpc) is 3.46. The molecule has 2 aromatic carbocycles. The Hall–Kier alpha value is -3.12. The third-order valence-electron chi connectivity index (χ3n) is 9.78. The van der Waals surface area contributed by atoms with E-state index in [1.165, 1.54) is 48.8 Å². The molecule has 51 heavy (non-hydrogen) atoms. The molecule has 1 radical (unpaired) electrons. The SMILES string of the molecule is CC(C)(C)Cc1cc(-c2[c-]ccc(C3CCCCC3)c2)nc[c]1[Ge]([CH3])([CH3])[CH3].Cc1ccnc(-c2[c-]ccc3c2oc2nc(C(C)C)ccc23)c1.[Ir]. The summed E-state index contributed by atoms with van der Waals surface area (Å²) in [6.45, 7) is 13.3. The number of hydrogen-bond donors (Lipinski definition) is 0. The van der Waals surface area contributed by atoms with Gasteiger partial charge in [0, 0.05) is 37.4 Å². The van der Waals surface area contributed by atoms with E-state index in [9.17, 15) is 0 Å². The Balaban J connectivity index is 0.000000196. The maximum atomic E-state index is 6.09. The first-order valence-corrected chi connectivity index (χ1v) is 25.8. The molecule has 7 rings (SSSR count). The number of pyridine rings is 3. The Bertz CT molecular complexity index is 2100. The number of benzene rings is 2. The summed E-state index contributed by atoms with van der Waals surface area (Å²) in [5.74, 6) is 8.51. The molecule has 0 aliphatic heterocycles. The Kier molecular flexibility index (Phi) is 12.5. The second kappa shape index (κ2) is 16.3. The van der Waals surface area contributed by atoms with E-state index < -0.39 is 13.3 Å². The fourth-order valence-electron chi connectivity index (χ4n) is 7.18. The van der Waals surface area contributed by atoms with Gasteiger partial charge < -0.3 is 9.40 Å². The molecule has 0 unspecified atom stereocenters. The van der Waals surface area contributed by atoms with Gasteiger partial charge in [-0.2, -0.15) is 0 Å². The molecule has 0 spiro atoms. The van der Waals surface area contributed by atoms with Crippen molar-refractivity contribution in [1.82, 2.24) is 15.0 Å². The first-order chi connectivity index (χ1) is 23.8. The molecule has 0 atom stereocenters. The Morgan fingerprint density at radius 2 is 1.61 bits per heavy atom. The smallest absolute Gasteiger partial charge is 0.216 e. The topological polar surface area (TPSA) is 51.8 Å². The second-order valence-corrected chi connectivity index (χ2v) is 27.3. The third kappa shape index (κ3) is 9.47. The van der Waals surface area contributed by atoms with Crippen molar-refractivity contribution in [3.05, 3.63) is 108 Å². The first-order valence-electron chi connectivity index (χ1n) is 18.4. The molecule has 1 aliphatic carbocycles. The summed E-state index contributed by atoms with van der Waals surface area (Å²) in [4.78, 5) is 14.0. The number of aromatic nitrogens is 3. The van der Waals surface area contributed by atoms with Gasteiger partial charge in [-0.05, 0) is 36.7 Å². The summed E-state index contributed by atoms with van der Waals surface area (Å²) in [5, 5.41) is 2.09. The van der Waals surface area contributed by atoms with Crippen LogP contribution in [0.3, 0.4) is 0 Å². The van der Waals surface area contributed by atoms with Crippen LogP contribution in [-0.2, 0) is 26.5 Å². The van der Waals surface area contributed by atoms with E-state index in [2.05, 4.69) is 124 Å². The second-order valence-electron chi connectivity index (χ2n) is 16.7. The zero-order valence-electron chi connectivity index (χ0n) is 31.9. The van der Waals surface area contributed by atoms with Gasteiger partial charge in [-0.3, -0.25) is 0 Å². The molecule has 6 aromatic rings. The number of aryl methyl sites for hydroxylation is 1. The largest absolute Gasteiger partial charge is 0.486 e. The van der Waals surface area contributed by atoms with Gasteiger partial charge in [0.15, 0.2) is 0 Å². The molecule has 0 amide bonds. The monoisotopic (exact) mass is 918 g/mol. The van der Waals surface area contributed by atoms with Crippen molar-refractivity contribution < 1.29 is 24.5 Å². The molecule has 269 valence electrons. The van der Waals surface area contributed by atoms with Gasteiger partial charge in [0.05, 0.1) is 5.58 Å². The van der Waals surface area contributed by atoms with Crippen LogP contribution in [-0.4, -0.2) is 28.2 Å². The van der Waals surface area contributed by atoms with E-state index >= 15 is 0 Å². The molecule has 1 fully saturated rings. The van der Waals surface area contributed by atoms with Gasteiger partial charge in [-0.15, -0.1) is 18.2 Å². The quantitative estimate of drug-likeness (QED) is 0.123. The van der Waals surface area contributed by atoms with Crippen molar-refractivity contribution in [1.29, 1.82) is 0 Å². The Morgan fingerprint density at radius 1 is 0.863 bits per heavy atom. The fourth-order valence-corrected chi connectivity index (χ4v) is 10.5. The van der Waals surface area contributed by atoms with Crippen molar-refractivity contribution in [2.45, 2.75) is 109 Å². The van der Waals surface area contributed by atoms with Gasteiger partial charge in [0.25, 0.3) is 0 Å². The van der Waals surface area contributed by atoms with E-state index in [4.69, 9.17) is 9.40 Å². The minimum atomic E-state index is -1.94. The Morgan fingerprint density at radius 3 is 2.29 bits per heavy atom. The molecule has 4 nitrogen and oxygen atoms in total. The maximum absolute atomic E-state index is 6.09. The normalized spacial score (nSPS) is 14.0. The summed E-state index contributed by atoms with van der Waals surface area (Å²) < 4.78 is 7.64. The predicted octanol–water partition coefficient (Wildman–Crippen LogP) is 12.0. The summed E-state index contributed by atoms with van der Waals surface area (Å²) in [6.07, 6.45) is 11.9. The maximum Gasteiger partial charge on any atom is 0.216 e. The molecule has 4 heterocycles. The molecule has 0 saturated heterocycles. The van der Waals surface area contributed by atoms with Gasteiger partial charge in [-0.1, -0.05) is 36.4 Å². The summed E-state index contributed by atoms with van der Waals surface area (Å²) in [7, 11) is 0. The first kappa shape index (κ1) is 39.1. The van der Waals surface area contributed by atoms with Crippen molar-refractivity contribution >= 4 is 39.7 Å². The molecule has 0 N–H and O–H groups in total. The van der Waals surface area contributed by atoms with E-state index in [1.807, 2.05) is 30.5 Å². The predicted molar refractivity (Wildman–Crippen MR) is 213 cm³/mol. The molecule has 4 aromatic heterocycles. The standard InChI is InChI=1S/C25H36GeN.C20H17N2O.Ir/c1-25(2,3)17-22-16-24(27-18-23(22)26(4,5)6)21-14-10-13-20(15-21)19-11-8-7-9-12-19;1-12(2)17-8-7-15-14-5-4-6-16(19(14)23-20(15)22-17)18-11-13(3)9-10-21-18;/h10,13,15-16,18-19H,7-9,11-12,17H2,1-6H3;4-5,7-12H,1-3H3;/q2*-1;. The third-order valence-corrected chi connectivity index (χ3v) is 14.1. The summed E-state index contributed by atoms with van der Waals surface area (Å²) in [6, 6.07) is 28.0. The van der Waals surface area contributed by atoms with Crippen LogP contribution in [0.4, 0.5) is 0 Å². The van der Waals surface area contributed by atoms with E-state index in [0.29, 0.717) is 11.6 Å². The van der Waals surface area contributed by atoms with Crippen molar-refractivity contribution in [3.8, 4) is 22.5 Å². The van der Waals surface area contributed by atoms with Crippen LogP contribution < -0.4 is 4.40 Å². The summed E-state index contributed by atoms with van der Waals surface area (Å²) >= 11 is -1.94. The zero-order valence-corrected chi connectivity index (χ0v) is 36.4. The number of furan rings is 1. The van der Waals surface area contributed by atoms with E-state index in [-0.39, 0.29) is 25.5 Å². The molecule has 0 bridgehead atoms. The number of hydrogen-bond acceptors (Lipinski definition) is 4. The van der Waals surface area contributed by atoms with Crippen molar-refractivity contribution in [2.75, 3.05) is 0 Å². The number of rotatable bonds is 6. The van der Waals surface area contributed by atoms with Crippen LogP contribution >= 0.6 is 0 Å². The van der Waals surface area contributed by atoms with E-state index in [0.717, 1.165) is 56.9 Å². The molecule has 6 heteroatoms. The Labute approximate surface area is 322 Å².